The molecule has 0 amide bonds. The highest BCUT2D eigenvalue weighted by molar-refractivity contribution is 6.33. The SMILES string of the molecule is Cc1cccc(NCCOCC(F)(F)F)c1Cl. The largest absolute Gasteiger partial charge is 0.411 e. The van der Waals surface area contributed by atoms with Crippen molar-refractivity contribution in [2.24, 2.45) is 0 Å². The molecule has 1 N–H and O–H groups in total. The molecule has 1 aromatic carbocycles. The molecule has 0 heterocycles. The van der Waals surface area contributed by atoms with Gasteiger partial charge in [-0.3, -0.25) is 0 Å². The van der Waals surface area contributed by atoms with Crippen molar-refractivity contribution in [2.75, 3.05) is 25.1 Å². The maximum Gasteiger partial charge on any atom is 0.411 e. The Morgan fingerprint density at radius 2 is 2.06 bits per heavy atom. The Labute approximate surface area is 103 Å². The van der Waals surface area contributed by atoms with Gasteiger partial charge in [-0.05, 0) is 18.6 Å². The summed E-state index contributed by atoms with van der Waals surface area (Å²) in [6.07, 6.45) is -4.28. The van der Waals surface area contributed by atoms with Crippen molar-refractivity contribution in [3.05, 3.63) is 28.8 Å². The quantitative estimate of drug-likeness (QED) is 0.823. The fraction of sp³-hybridized carbons (Fsp3) is 0.455. The molecule has 17 heavy (non-hydrogen) atoms. The van der Waals surface area contributed by atoms with Gasteiger partial charge in [0, 0.05) is 6.54 Å². The molecule has 0 aliphatic heterocycles. The van der Waals surface area contributed by atoms with Crippen LogP contribution in [0.3, 0.4) is 0 Å². The molecule has 0 aliphatic rings. The summed E-state index contributed by atoms with van der Waals surface area (Å²) in [5.41, 5.74) is 1.61. The van der Waals surface area contributed by atoms with E-state index in [0.717, 1.165) is 5.56 Å². The van der Waals surface area contributed by atoms with E-state index in [2.05, 4.69) is 10.1 Å². The standard InChI is InChI=1S/C11H13ClF3NO/c1-8-3-2-4-9(10(8)12)16-5-6-17-7-11(13,14)15/h2-4,16H,5-7H2,1H3. The van der Waals surface area contributed by atoms with E-state index < -0.39 is 12.8 Å². The minimum atomic E-state index is -4.28. The Balaban J connectivity index is 2.29. The lowest BCUT2D eigenvalue weighted by Crippen LogP contribution is -2.20. The van der Waals surface area contributed by atoms with Crippen molar-refractivity contribution >= 4 is 17.3 Å². The van der Waals surface area contributed by atoms with Crippen LogP contribution in [0.2, 0.25) is 5.02 Å². The molecule has 96 valence electrons. The van der Waals surface area contributed by atoms with Crippen molar-refractivity contribution in [2.45, 2.75) is 13.1 Å². The number of halogens is 4. The summed E-state index contributed by atoms with van der Waals surface area (Å²) in [6, 6.07) is 5.44. The molecule has 0 aliphatic carbocycles. The first kappa shape index (κ1) is 14.1. The average molecular weight is 268 g/mol. The summed E-state index contributed by atoms with van der Waals surface area (Å²) in [5.74, 6) is 0. The molecule has 0 aromatic heterocycles. The van der Waals surface area contributed by atoms with Crippen LogP contribution in [0.5, 0.6) is 0 Å². The van der Waals surface area contributed by atoms with Crippen LogP contribution >= 0.6 is 11.6 Å². The van der Waals surface area contributed by atoms with Gasteiger partial charge in [-0.25, -0.2) is 0 Å². The van der Waals surface area contributed by atoms with Crippen LogP contribution in [0.1, 0.15) is 5.56 Å². The third kappa shape index (κ3) is 5.28. The van der Waals surface area contributed by atoms with Crippen molar-refractivity contribution < 1.29 is 17.9 Å². The summed E-state index contributed by atoms with van der Waals surface area (Å²) < 4.78 is 39.7. The van der Waals surface area contributed by atoms with Gasteiger partial charge in [0.2, 0.25) is 0 Å². The molecule has 1 rings (SSSR count). The third-order valence-corrected chi connectivity index (χ3v) is 2.52. The van der Waals surface area contributed by atoms with Crippen LogP contribution in [0.4, 0.5) is 18.9 Å². The molecule has 0 bridgehead atoms. The van der Waals surface area contributed by atoms with Crippen LogP contribution in [0.25, 0.3) is 0 Å². The van der Waals surface area contributed by atoms with Gasteiger partial charge in [-0.1, -0.05) is 23.7 Å². The number of rotatable bonds is 5. The Morgan fingerprint density at radius 3 is 2.71 bits per heavy atom. The fourth-order valence-corrected chi connectivity index (χ4v) is 1.42. The van der Waals surface area contributed by atoms with E-state index in [9.17, 15) is 13.2 Å². The number of nitrogens with one attached hydrogen (secondary N) is 1. The number of aryl methyl sites for hydroxylation is 1. The van der Waals surface area contributed by atoms with E-state index in [1.54, 1.807) is 6.07 Å². The molecule has 6 heteroatoms. The van der Waals surface area contributed by atoms with Crippen LogP contribution in [0, 0.1) is 6.92 Å². The van der Waals surface area contributed by atoms with Gasteiger partial charge in [0.25, 0.3) is 0 Å². The summed E-state index contributed by atoms with van der Waals surface area (Å²) in [7, 11) is 0. The summed E-state index contributed by atoms with van der Waals surface area (Å²) in [6.45, 7) is 0.882. The molecular formula is C11H13ClF3NO. The molecule has 2 nitrogen and oxygen atoms in total. The van der Waals surface area contributed by atoms with Crippen LogP contribution < -0.4 is 5.32 Å². The summed E-state index contributed by atoms with van der Waals surface area (Å²) in [4.78, 5) is 0. The monoisotopic (exact) mass is 267 g/mol. The Hall–Kier alpha value is -0.940. The molecule has 0 saturated heterocycles. The minimum absolute atomic E-state index is 0.0240. The predicted octanol–water partition coefficient (Wildman–Crippen LogP) is 3.64. The molecule has 1 aromatic rings. The van der Waals surface area contributed by atoms with E-state index in [-0.39, 0.29) is 13.2 Å². The number of ether oxygens (including phenoxy) is 1. The molecule has 0 atom stereocenters. The van der Waals surface area contributed by atoms with Crippen LogP contribution in [0.15, 0.2) is 18.2 Å². The first-order valence-corrected chi connectivity index (χ1v) is 5.41. The van der Waals surface area contributed by atoms with Gasteiger partial charge in [0.15, 0.2) is 0 Å². The van der Waals surface area contributed by atoms with Gasteiger partial charge in [-0.15, -0.1) is 0 Å². The topological polar surface area (TPSA) is 21.3 Å². The highest BCUT2D eigenvalue weighted by Crippen LogP contribution is 2.24. The maximum absolute atomic E-state index is 11.8. The zero-order valence-corrected chi connectivity index (χ0v) is 10.0. The number of hydrogen-bond acceptors (Lipinski definition) is 2. The molecule has 0 saturated carbocycles. The zero-order chi connectivity index (χ0) is 12.9. The highest BCUT2D eigenvalue weighted by Gasteiger charge is 2.27. The van der Waals surface area contributed by atoms with E-state index >= 15 is 0 Å². The van der Waals surface area contributed by atoms with Crippen LogP contribution in [-0.2, 0) is 4.74 Å². The van der Waals surface area contributed by atoms with Gasteiger partial charge in [-0.2, -0.15) is 13.2 Å². The number of benzene rings is 1. The lowest BCUT2D eigenvalue weighted by Gasteiger charge is -2.11. The predicted molar refractivity (Wildman–Crippen MR) is 61.6 cm³/mol. The number of anilines is 1. The lowest BCUT2D eigenvalue weighted by molar-refractivity contribution is -0.172. The maximum atomic E-state index is 11.8. The first-order chi connectivity index (χ1) is 7.90. The van der Waals surface area contributed by atoms with E-state index in [0.29, 0.717) is 10.7 Å². The Morgan fingerprint density at radius 1 is 1.35 bits per heavy atom. The molecule has 0 unspecified atom stereocenters. The number of hydrogen-bond donors (Lipinski definition) is 1. The van der Waals surface area contributed by atoms with E-state index in [1.165, 1.54) is 0 Å². The average Bonchev–Trinajstić information content (AvgIpc) is 2.22. The molecule has 0 spiro atoms. The van der Waals surface area contributed by atoms with Gasteiger partial charge in [0.1, 0.15) is 6.61 Å². The highest BCUT2D eigenvalue weighted by atomic mass is 35.5. The molecular weight excluding hydrogens is 255 g/mol. The van der Waals surface area contributed by atoms with E-state index in [1.807, 2.05) is 19.1 Å². The fourth-order valence-electron chi connectivity index (χ4n) is 1.23. The minimum Gasteiger partial charge on any atom is -0.382 e. The Bertz CT molecular complexity index is 368. The van der Waals surface area contributed by atoms with E-state index in [4.69, 9.17) is 11.6 Å². The summed E-state index contributed by atoms with van der Waals surface area (Å²) in [5, 5.41) is 3.49. The van der Waals surface area contributed by atoms with Crippen molar-refractivity contribution in [1.82, 2.24) is 0 Å². The zero-order valence-electron chi connectivity index (χ0n) is 9.27. The van der Waals surface area contributed by atoms with Crippen molar-refractivity contribution in [1.29, 1.82) is 0 Å². The van der Waals surface area contributed by atoms with Crippen molar-refractivity contribution in [3.63, 3.8) is 0 Å². The lowest BCUT2D eigenvalue weighted by atomic mass is 10.2. The van der Waals surface area contributed by atoms with Gasteiger partial charge >= 0.3 is 6.18 Å². The second-order valence-electron chi connectivity index (χ2n) is 3.53. The third-order valence-electron chi connectivity index (χ3n) is 2.02. The second-order valence-corrected chi connectivity index (χ2v) is 3.91. The normalized spacial score (nSPS) is 11.6. The second kappa shape index (κ2) is 6.12. The van der Waals surface area contributed by atoms with Crippen molar-refractivity contribution in [3.8, 4) is 0 Å². The van der Waals surface area contributed by atoms with Gasteiger partial charge in [0.05, 0.1) is 17.3 Å². The summed E-state index contributed by atoms with van der Waals surface area (Å²) >= 11 is 6.00. The molecule has 0 radical (unpaired) electrons. The Kier molecular flexibility index (Phi) is 5.08. The van der Waals surface area contributed by atoms with Gasteiger partial charge < -0.3 is 10.1 Å². The smallest absolute Gasteiger partial charge is 0.382 e. The number of alkyl halides is 3. The molecule has 0 fully saturated rings. The first-order valence-electron chi connectivity index (χ1n) is 5.03. The van der Waals surface area contributed by atoms with Crippen LogP contribution in [-0.4, -0.2) is 25.9 Å².